The van der Waals surface area contributed by atoms with Gasteiger partial charge in [-0.25, -0.2) is 4.79 Å². The highest BCUT2D eigenvalue weighted by Crippen LogP contribution is 2.30. The molecule has 2 aromatic rings. The molecule has 0 aliphatic heterocycles. The molecule has 3 nitrogen and oxygen atoms in total. The SMILES string of the molecule is N#C/C(=C\c1ccc(-c2cccc(Br)c2)s1)C(=O)O. The van der Waals surface area contributed by atoms with Crippen molar-refractivity contribution in [3.63, 3.8) is 0 Å². The van der Waals surface area contributed by atoms with Crippen LogP contribution < -0.4 is 0 Å². The van der Waals surface area contributed by atoms with Gasteiger partial charge in [-0.05, 0) is 35.9 Å². The molecule has 0 fully saturated rings. The lowest BCUT2D eigenvalue weighted by Crippen LogP contribution is -1.96. The third-order valence-corrected chi connectivity index (χ3v) is 3.95. The fourth-order valence-corrected chi connectivity index (χ4v) is 2.86. The second kappa shape index (κ2) is 5.83. The van der Waals surface area contributed by atoms with E-state index in [4.69, 9.17) is 10.4 Å². The van der Waals surface area contributed by atoms with Gasteiger partial charge in [-0.1, -0.05) is 28.1 Å². The molecule has 2 rings (SSSR count). The van der Waals surface area contributed by atoms with Crippen LogP contribution in [0.25, 0.3) is 16.5 Å². The quantitative estimate of drug-likeness (QED) is 0.677. The van der Waals surface area contributed by atoms with Crippen molar-refractivity contribution in [1.29, 1.82) is 5.26 Å². The number of hydrogen-bond acceptors (Lipinski definition) is 3. The van der Waals surface area contributed by atoms with Crippen molar-refractivity contribution in [3.8, 4) is 16.5 Å². The Hall–Kier alpha value is -1.90. The number of nitrogens with zero attached hydrogens (tertiary/aromatic N) is 1. The van der Waals surface area contributed by atoms with Crippen molar-refractivity contribution >= 4 is 39.3 Å². The molecular weight excluding hydrogens is 326 g/mol. The standard InChI is InChI=1S/C14H8BrNO2S/c15-11-3-1-2-9(6-11)13-5-4-12(19-13)7-10(8-16)14(17)18/h1-7H,(H,17,18)/b10-7+. The van der Waals surface area contributed by atoms with Gasteiger partial charge in [-0.2, -0.15) is 5.26 Å². The van der Waals surface area contributed by atoms with Crippen molar-refractivity contribution < 1.29 is 9.90 Å². The predicted octanol–water partition coefficient (Wildman–Crippen LogP) is 4.17. The third kappa shape index (κ3) is 3.31. The Kier molecular flexibility index (Phi) is 4.15. The van der Waals surface area contributed by atoms with Crippen LogP contribution in [0.15, 0.2) is 46.4 Å². The van der Waals surface area contributed by atoms with Crippen LogP contribution in [0.3, 0.4) is 0 Å². The van der Waals surface area contributed by atoms with E-state index in [0.29, 0.717) is 0 Å². The Bertz CT molecular complexity index is 697. The predicted molar refractivity (Wildman–Crippen MR) is 78.7 cm³/mol. The van der Waals surface area contributed by atoms with E-state index in [-0.39, 0.29) is 5.57 Å². The monoisotopic (exact) mass is 333 g/mol. The first kappa shape index (κ1) is 13.5. The maximum atomic E-state index is 10.8. The van der Waals surface area contributed by atoms with Crippen molar-refractivity contribution in [2.75, 3.05) is 0 Å². The lowest BCUT2D eigenvalue weighted by atomic mass is 10.2. The number of carboxylic acid groups (broad SMARTS) is 1. The smallest absolute Gasteiger partial charge is 0.346 e. The summed E-state index contributed by atoms with van der Waals surface area (Å²) in [5.74, 6) is -1.21. The summed E-state index contributed by atoms with van der Waals surface area (Å²) in [4.78, 5) is 12.5. The third-order valence-electron chi connectivity index (χ3n) is 2.37. The molecule has 0 radical (unpaired) electrons. The summed E-state index contributed by atoms with van der Waals surface area (Å²) in [5, 5.41) is 17.5. The summed E-state index contributed by atoms with van der Waals surface area (Å²) >= 11 is 4.85. The van der Waals surface area contributed by atoms with Crippen LogP contribution in [0.2, 0.25) is 0 Å². The fourth-order valence-electron chi connectivity index (χ4n) is 1.51. The number of nitriles is 1. The van der Waals surface area contributed by atoms with E-state index < -0.39 is 5.97 Å². The van der Waals surface area contributed by atoms with E-state index in [1.165, 1.54) is 17.4 Å². The van der Waals surface area contributed by atoms with Gasteiger partial charge >= 0.3 is 5.97 Å². The molecule has 0 aliphatic carbocycles. The largest absolute Gasteiger partial charge is 0.477 e. The molecule has 5 heteroatoms. The molecule has 1 heterocycles. The topological polar surface area (TPSA) is 61.1 Å². The molecule has 1 N–H and O–H groups in total. The number of rotatable bonds is 3. The molecule has 0 aliphatic rings. The Morgan fingerprint density at radius 2 is 2.16 bits per heavy atom. The molecule has 0 bridgehead atoms. The molecule has 1 aromatic heterocycles. The summed E-state index contributed by atoms with van der Waals surface area (Å²) < 4.78 is 0.985. The van der Waals surface area contributed by atoms with E-state index in [9.17, 15) is 4.79 Å². The van der Waals surface area contributed by atoms with Gasteiger partial charge in [0.1, 0.15) is 11.6 Å². The zero-order valence-corrected chi connectivity index (χ0v) is 12.0. The first-order valence-corrected chi connectivity index (χ1v) is 6.92. The minimum atomic E-state index is -1.21. The molecule has 0 atom stereocenters. The Balaban J connectivity index is 2.35. The first-order valence-electron chi connectivity index (χ1n) is 5.31. The van der Waals surface area contributed by atoms with Crippen molar-refractivity contribution in [1.82, 2.24) is 0 Å². The van der Waals surface area contributed by atoms with Gasteiger partial charge < -0.3 is 5.11 Å². The summed E-state index contributed by atoms with van der Waals surface area (Å²) in [6.45, 7) is 0. The fraction of sp³-hybridized carbons (Fsp3) is 0. The maximum Gasteiger partial charge on any atom is 0.346 e. The maximum absolute atomic E-state index is 10.8. The second-order valence-corrected chi connectivity index (χ2v) is 5.72. The number of halogens is 1. The number of carbonyl (C=O) groups is 1. The van der Waals surface area contributed by atoms with E-state index in [1.807, 2.05) is 30.3 Å². The van der Waals surface area contributed by atoms with Gasteiger partial charge in [-0.3, -0.25) is 0 Å². The molecule has 0 unspecified atom stereocenters. The highest BCUT2D eigenvalue weighted by atomic mass is 79.9. The van der Waals surface area contributed by atoms with Crippen molar-refractivity contribution in [2.45, 2.75) is 0 Å². The van der Waals surface area contributed by atoms with Crippen LogP contribution in [-0.2, 0) is 4.79 Å². The van der Waals surface area contributed by atoms with Crippen LogP contribution in [0.1, 0.15) is 4.88 Å². The highest BCUT2D eigenvalue weighted by molar-refractivity contribution is 9.10. The Morgan fingerprint density at radius 3 is 2.79 bits per heavy atom. The highest BCUT2D eigenvalue weighted by Gasteiger charge is 2.08. The molecule has 19 heavy (non-hydrogen) atoms. The number of carboxylic acids is 1. The zero-order chi connectivity index (χ0) is 13.8. The summed E-state index contributed by atoms with van der Waals surface area (Å²) in [6.07, 6.45) is 1.38. The Labute approximate surface area is 122 Å². The minimum absolute atomic E-state index is 0.261. The first-order chi connectivity index (χ1) is 9.10. The minimum Gasteiger partial charge on any atom is -0.477 e. The molecular formula is C14H8BrNO2S. The van der Waals surface area contributed by atoms with E-state index >= 15 is 0 Å². The number of benzene rings is 1. The van der Waals surface area contributed by atoms with E-state index in [0.717, 1.165) is 19.8 Å². The molecule has 0 saturated carbocycles. The van der Waals surface area contributed by atoms with Gasteiger partial charge in [0.15, 0.2) is 0 Å². The van der Waals surface area contributed by atoms with Crippen LogP contribution in [-0.4, -0.2) is 11.1 Å². The summed E-state index contributed by atoms with van der Waals surface area (Å²) in [5.41, 5.74) is 0.787. The number of hydrogen-bond donors (Lipinski definition) is 1. The average molecular weight is 334 g/mol. The summed E-state index contributed by atoms with van der Waals surface area (Å²) in [6, 6.07) is 13.2. The van der Waals surface area contributed by atoms with Crippen LogP contribution in [0.4, 0.5) is 0 Å². The van der Waals surface area contributed by atoms with Crippen LogP contribution >= 0.6 is 27.3 Å². The number of aliphatic carboxylic acids is 1. The lowest BCUT2D eigenvalue weighted by molar-refractivity contribution is -0.132. The number of thiophene rings is 1. The van der Waals surface area contributed by atoms with Crippen molar-refractivity contribution in [2.24, 2.45) is 0 Å². The van der Waals surface area contributed by atoms with Gasteiger partial charge in [0, 0.05) is 14.2 Å². The molecule has 94 valence electrons. The Morgan fingerprint density at radius 1 is 1.37 bits per heavy atom. The van der Waals surface area contributed by atoms with E-state index in [2.05, 4.69) is 15.9 Å². The zero-order valence-electron chi connectivity index (χ0n) is 9.63. The summed E-state index contributed by atoms with van der Waals surface area (Å²) in [7, 11) is 0. The molecule has 0 amide bonds. The van der Waals surface area contributed by atoms with Crippen molar-refractivity contribution in [3.05, 3.63) is 51.3 Å². The van der Waals surface area contributed by atoms with E-state index in [1.54, 1.807) is 12.1 Å². The van der Waals surface area contributed by atoms with Gasteiger partial charge in [-0.15, -0.1) is 11.3 Å². The normalized spacial score (nSPS) is 11.1. The lowest BCUT2D eigenvalue weighted by Gasteiger charge is -1.97. The molecule has 0 spiro atoms. The molecule has 1 aromatic carbocycles. The van der Waals surface area contributed by atoms with Crippen LogP contribution in [0, 0.1) is 11.3 Å². The molecule has 0 saturated heterocycles. The second-order valence-electron chi connectivity index (χ2n) is 3.69. The average Bonchev–Trinajstić information content (AvgIpc) is 2.84. The van der Waals surface area contributed by atoms with Gasteiger partial charge in [0.05, 0.1) is 0 Å². The van der Waals surface area contributed by atoms with Gasteiger partial charge in [0.2, 0.25) is 0 Å². The van der Waals surface area contributed by atoms with Crippen LogP contribution in [0.5, 0.6) is 0 Å². The van der Waals surface area contributed by atoms with Gasteiger partial charge in [0.25, 0.3) is 0 Å².